The average molecular weight is 224 g/mol. The monoisotopic (exact) mass is 224 g/mol. The van der Waals surface area contributed by atoms with Crippen molar-refractivity contribution in [2.24, 2.45) is 18.9 Å². The summed E-state index contributed by atoms with van der Waals surface area (Å²) in [6.45, 7) is 10.0. The van der Waals surface area contributed by atoms with Crippen molar-refractivity contribution >= 4 is 0 Å². The van der Waals surface area contributed by atoms with Gasteiger partial charge in [-0.3, -0.25) is 4.68 Å². The highest BCUT2D eigenvalue weighted by Gasteiger charge is 2.24. The van der Waals surface area contributed by atoms with E-state index in [0.29, 0.717) is 17.9 Å². The molecule has 1 heterocycles. The maximum atomic E-state index is 4.01. The van der Waals surface area contributed by atoms with E-state index in [1.807, 2.05) is 17.9 Å². The Bertz CT molecular complexity index is 306. The van der Waals surface area contributed by atoms with Crippen LogP contribution in [0.25, 0.3) is 0 Å². The third-order valence-electron chi connectivity index (χ3n) is 3.26. The van der Waals surface area contributed by atoms with Crippen LogP contribution in [-0.4, -0.2) is 21.5 Å². The standard InChI is InChI=1S/C12H24N4/c1-6-7-13-12(10(4)9(2)3)11-8-14-15-16(11)5/h8-10,12-13H,6-7H2,1-5H3. The second-order valence-electron chi connectivity index (χ2n) is 4.82. The van der Waals surface area contributed by atoms with Crippen LogP contribution in [0, 0.1) is 11.8 Å². The summed E-state index contributed by atoms with van der Waals surface area (Å²) >= 11 is 0. The molecule has 1 rings (SSSR count). The third kappa shape index (κ3) is 3.04. The van der Waals surface area contributed by atoms with Crippen LogP contribution in [0.4, 0.5) is 0 Å². The zero-order valence-corrected chi connectivity index (χ0v) is 11.1. The number of aryl methyl sites for hydroxylation is 1. The minimum Gasteiger partial charge on any atom is -0.308 e. The Kier molecular flexibility index (Phi) is 4.93. The molecule has 0 radical (unpaired) electrons. The molecule has 0 aliphatic carbocycles. The summed E-state index contributed by atoms with van der Waals surface area (Å²) in [7, 11) is 1.95. The summed E-state index contributed by atoms with van der Waals surface area (Å²) in [6.07, 6.45) is 3.01. The van der Waals surface area contributed by atoms with Crippen molar-refractivity contribution in [1.82, 2.24) is 20.3 Å². The van der Waals surface area contributed by atoms with Gasteiger partial charge in [0.2, 0.25) is 0 Å². The molecule has 0 bridgehead atoms. The highest BCUT2D eigenvalue weighted by Crippen LogP contribution is 2.26. The van der Waals surface area contributed by atoms with Crippen LogP contribution >= 0.6 is 0 Å². The summed E-state index contributed by atoms with van der Waals surface area (Å²) in [5, 5.41) is 11.6. The van der Waals surface area contributed by atoms with Crippen LogP contribution in [0.5, 0.6) is 0 Å². The van der Waals surface area contributed by atoms with Crippen LogP contribution in [0.3, 0.4) is 0 Å². The molecule has 0 aliphatic heterocycles. The lowest BCUT2D eigenvalue weighted by Crippen LogP contribution is -2.31. The summed E-state index contributed by atoms with van der Waals surface area (Å²) in [6, 6.07) is 0.347. The van der Waals surface area contributed by atoms with Gasteiger partial charge in [-0.1, -0.05) is 32.9 Å². The van der Waals surface area contributed by atoms with Gasteiger partial charge in [0.05, 0.1) is 17.9 Å². The number of aromatic nitrogens is 3. The van der Waals surface area contributed by atoms with E-state index in [4.69, 9.17) is 0 Å². The molecule has 2 unspecified atom stereocenters. The van der Waals surface area contributed by atoms with Gasteiger partial charge >= 0.3 is 0 Å². The number of hydrogen-bond acceptors (Lipinski definition) is 3. The van der Waals surface area contributed by atoms with Crippen LogP contribution in [0.1, 0.15) is 45.9 Å². The molecule has 0 aliphatic rings. The Morgan fingerprint density at radius 1 is 1.38 bits per heavy atom. The van der Waals surface area contributed by atoms with Gasteiger partial charge in [0.25, 0.3) is 0 Å². The van der Waals surface area contributed by atoms with E-state index in [-0.39, 0.29) is 0 Å². The molecule has 1 aromatic rings. The van der Waals surface area contributed by atoms with Crippen LogP contribution < -0.4 is 5.32 Å². The molecular weight excluding hydrogens is 200 g/mol. The molecule has 0 saturated heterocycles. The maximum Gasteiger partial charge on any atom is 0.0756 e. The molecule has 1 aromatic heterocycles. The minimum absolute atomic E-state index is 0.347. The molecule has 0 aromatic carbocycles. The molecule has 16 heavy (non-hydrogen) atoms. The van der Waals surface area contributed by atoms with Gasteiger partial charge in [-0.25, -0.2) is 0 Å². The van der Waals surface area contributed by atoms with Crippen molar-refractivity contribution in [3.63, 3.8) is 0 Å². The lowest BCUT2D eigenvalue weighted by atomic mass is 9.88. The minimum atomic E-state index is 0.347. The van der Waals surface area contributed by atoms with Crippen LogP contribution in [-0.2, 0) is 7.05 Å². The van der Waals surface area contributed by atoms with Crippen molar-refractivity contribution < 1.29 is 0 Å². The predicted octanol–water partition coefficient (Wildman–Crippen LogP) is 2.15. The van der Waals surface area contributed by atoms with Crippen LogP contribution in [0.2, 0.25) is 0 Å². The Balaban J connectivity index is 2.83. The SMILES string of the molecule is CCCNC(c1cnnn1C)C(C)C(C)C. The van der Waals surface area contributed by atoms with Gasteiger partial charge in [-0.15, -0.1) is 5.10 Å². The lowest BCUT2D eigenvalue weighted by molar-refractivity contribution is 0.292. The van der Waals surface area contributed by atoms with Gasteiger partial charge in [0.1, 0.15) is 0 Å². The van der Waals surface area contributed by atoms with E-state index < -0.39 is 0 Å². The summed E-state index contributed by atoms with van der Waals surface area (Å²) in [5.41, 5.74) is 1.18. The predicted molar refractivity (Wildman–Crippen MR) is 66.0 cm³/mol. The van der Waals surface area contributed by atoms with Crippen molar-refractivity contribution in [1.29, 1.82) is 0 Å². The number of hydrogen-bond donors (Lipinski definition) is 1. The molecule has 0 spiro atoms. The molecule has 2 atom stereocenters. The van der Waals surface area contributed by atoms with Gasteiger partial charge in [-0.2, -0.15) is 0 Å². The smallest absolute Gasteiger partial charge is 0.0756 e. The first kappa shape index (κ1) is 13.2. The van der Waals surface area contributed by atoms with Crippen molar-refractivity contribution in [2.75, 3.05) is 6.54 Å². The van der Waals surface area contributed by atoms with E-state index in [1.165, 1.54) is 5.69 Å². The molecular formula is C12H24N4. The first-order chi connectivity index (χ1) is 7.57. The van der Waals surface area contributed by atoms with E-state index in [2.05, 4.69) is 43.3 Å². The number of nitrogens with zero attached hydrogens (tertiary/aromatic N) is 3. The van der Waals surface area contributed by atoms with E-state index in [0.717, 1.165) is 13.0 Å². The first-order valence-corrected chi connectivity index (χ1v) is 6.15. The van der Waals surface area contributed by atoms with Crippen molar-refractivity contribution in [2.45, 2.75) is 40.2 Å². The summed E-state index contributed by atoms with van der Waals surface area (Å²) in [5.74, 6) is 1.22. The van der Waals surface area contributed by atoms with Gasteiger partial charge in [0, 0.05) is 7.05 Å². The molecule has 0 saturated carbocycles. The lowest BCUT2D eigenvalue weighted by Gasteiger charge is -2.27. The molecule has 0 fully saturated rings. The molecule has 4 heteroatoms. The van der Waals surface area contributed by atoms with E-state index >= 15 is 0 Å². The van der Waals surface area contributed by atoms with E-state index in [9.17, 15) is 0 Å². The zero-order valence-electron chi connectivity index (χ0n) is 11.1. The largest absolute Gasteiger partial charge is 0.308 e. The second kappa shape index (κ2) is 5.99. The summed E-state index contributed by atoms with van der Waals surface area (Å²) in [4.78, 5) is 0. The number of nitrogens with one attached hydrogen (secondary N) is 1. The summed E-state index contributed by atoms with van der Waals surface area (Å²) < 4.78 is 1.87. The highest BCUT2D eigenvalue weighted by atomic mass is 15.4. The number of rotatable bonds is 6. The van der Waals surface area contributed by atoms with Gasteiger partial charge < -0.3 is 5.32 Å². The fraction of sp³-hybridized carbons (Fsp3) is 0.833. The Hall–Kier alpha value is -0.900. The fourth-order valence-corrected chi connectivity index (χ4v) is 1.82. The van der Waals surface area contributed by atoms with Crippen molar-refractivity contribution in [3.05, 3.63) is 11.9 Å². The quantitative estimate of drug-likeness (QED) is 0.805. The van der Waals surface area contributed by atoms with Gasteiger partial charge in [0.15, 0.2) is 0 Å². The topological polar surface area (TPSA) is 42.7 Å². The molecule has 92 valence electrons. The Morgan fingerprint density at radius 2 is 2.06 bits per heavy atom. The third-order valence-corrected chi connectivity index (χ3v) is 3.26. The average Bonchev–Trinajstić information content (AvgIpc) is 2.65. The maximum absolute atomic E-state index is 4.01. The molecule has 4 nitrogen and oxygen atoms in total. The second-order valence-corrected chi connectivity index (χ2v) is 4.82. The highest BCUT2D eigenvalue weighted by molar-refractivity contribution is 5.03. The molecule has 0 amide bonds. The van der Waals surface area contributed by atoms with Crippen molar-refractivity contribution in [3.8, 4) is 0 Å². The molecule has 1 N–H and O–H groups in total. The zero-order chi connectivity index (χ0) is 12.1. The van der Waals surface area contributed by atoms with E-state index in [1.54, 1.807) is 0 Å². The Morgan fingerprint density at radius 3 is 2.50 bits per heavy atom. The fourth-order valence-electron chi connectivity index (χ4n) is 1.82. The normalized spacial score (nSPS) is 15.4. The first-order valence-electron chi connectivity index (χ1n) is 6.15. The Labute approximate surface area is 98.4 Å². The van der Waals surface area contributed by atoms with Gasteiger partial charge in [-0.05, 0) is 24.8 Å². The van der Waals surface area contributed by atoms with Crippen LogP contribution in [0.15, 0.2) is 6.20 Å².